The van der Waals surface area contributed by atoms with Crippen molar-refractivity contribution in [2.24, 2.45) is 7.05 Å². The van der Waals surface area contributed by atoms with E-state index < -0.39 is 5.60 Å². The standard InChI is InChI=1S/C16H22N2O2/c1-4-16(20,5-2)11-17-15(19)13-7-6-8-14-12(13)9-10-18(14)3/h6-10,20H,4-5,11H2,1-3H3,(H,17,19). The summed E-state index contributed by atoms with van der Waals surface area (Å²) in [6.07, 6.45) is 3.19. The lowest BCUT2D eigenvalue weighted by Crippen LogP contribution is -2.42. The van der Waals surface area contributed by atoms with Gasteiger partial charge in [-0.15, -0.1) is 0 Å². The maximum absolute atomic E-state index is 12.3. The molecule has 4 heteroatoms. The minimum absolute atomic E-state index is 0.137. The van der Waals surface area contributed by atoms with Crippen LogP contribution in [0.4, 0.5) is 0 Å². The predicted octanol–water partition coefficient (Wildman–Crippen LogP) is 2.46. The summed E-state index contributed by atoms with van der Waals surface area (Å²) in [5.74, 6) is -0.137. The number of nitrogens with zero attached hydrogens (tertiary/aromatic N) is 1. The van der Waals surface area contributed by atoms with Crippen molar-refractivity contribution in [2.45, 2.75) is 32.3 Å². The van der Waals surface area contributed by atoms with Gasteiger partial charge in [-0.2, -0.15) is 0 Å². The number of aromatic nitrogens is 1. The minimum atomic E-state index is -0.819. The lowest BCUT2D eigenvalue weighted by Gasteiger charge is -2.25. The van der Waals surface area contributed by atoms with Crippen molar-refractivity contribution in [2.75, 3.05) is 6.54 Å². The fourth-order valence-electron chi connectivity index (χ4n) is 2.34. The SMILES string of the molecule is CCC(O)(CC)CNC(=O)c1cccc2c1ccn2C. The highest BCUT2D eigenvalue weighted by Crippen LogP contribution is 2.20. The third-order valence-corrected chi connectivity index (χ3v) is 4.07. The van der Waals surface area contributed by atoms with Crippen LogP contribution in [0.5, 0.6) is 0 Å². The van der Waals surface area contributed by atoms with Gasteiger partial charge in [0, 0.05) is 36.3 Å². The van der Waals surface area contributed by atoms with Crippen LogP contribution in [-0.2, 0) is 7.05 Å². The van der Waals surface area contributed by atoms with Crippen molar-refractivity contribution >= 4 is 16.8 Å². The number of aliphatic hydroxyl groups is 1. The van der Waals surface area contributed by atoms with E-state index in [1.54, 1.807) is 0 Å². The fourth-order valence-corrected chi connectivity index (χ4v) is 2.34. The molecule has 1 aromatic carbocycles. The van der Waals surface area contributed by atoms with Gasteiger partial charge >= 0.3 is 0 Å². The Morgan fingerprint density at radius 3 is 2.65 bits per heavy atom. The Balaban J connectivity index is 2.20. The molecule has 108 valence electrons. The van der Waals surface area contributed by atoms with E-state index in [-0.39, 0.29) is 12.5 Å². The van der Waals surface area contributed by atoms with Gasteiger partial charge in [0.25, 0.3) is 5.91 Å². The zero-order valence-electron chi connectivity index (χ0n) is 12.3. The summed E-state index contributed by atoms with van der Waals surface area (Å²) < 4.78 is 1.99. The minimum Gasteiger partial charge on any atom is -0.388 e. The van der Waals surface area contributed by atoms with Crippen molar-refractivity contribution in [1.82, 2.24) is 9.88 Å². The second kappa shape index (κ2) is 5.67. The molecule has 0 aliphatic carbocycles. The van der Waals surface area contributed by atoms with E-state index >= 15 is 0 Å². The summed E-state index contributed by atoms with van der Waals surface area (Å²) in [5.41, 5.74) is 0.858. The summed E-state index contributed by atoms with van der Waals surface area (Å²) in [6.45, 7) is 4.13. The van der Waals surface area contributed by atoms with Crippen molar-refractivity contribution in [3.05, 3.63) is 36.0 Å². The van der Waals surface area contributed by atoms with Gasteiger partial charge in [-0.25, -0.2) is 0 Å². The number of benzene rings is 1. The van der Waals surface area contributed by atoms with E-state index in [2.05, 4.69) is 5.32 Å². The topological polar surface area (TPSA) is 54.3 Å². The smallest absolute Gasteiger partial charge is 0.252 e. The molecule has 0 aliphatic heterocycles. The number of carbonyl (C=O) groups is 1. The molecule has 0 saturated carbocycles. The number of hydrogen-bond acceptors (Lipinski definition) is 2. The van der Waals surface area contributed by atoms with Crippen LogP contribution in [0.25, 0.3) is 10.9 Å². The highest BCUT2D eigenvalue weighted by atomic mass is 16.3. The first-order valence-electron chi connectivity index (χ1n) is 7.05. The quantitative estimate of drug-likeness (QED) is 0.880. The molecule has 0 fully saturated rings. The van der Waals surface area contributed by atoms with Crippen molar-refractivity contribution in [3.8, 4) is 0 Å². The highest BCUT2D eigenvalue weighted by molar-refractivity contribution is 6.06. The van der Waals surface area contributed by atoms with Crippen LogP contribution in [0.2, 0.25) is 0 Å². The van der Waals surface area contributed by atoms with Crippen LogP contribution in [-0.4, -0.2) is 27.7 Å². The molecular weight excluding hydrogens is 252 g/mol. The monoisotopic (exact) mass is 274 g/mol. The van der Waals surface area contributed by atoms with Gasteiger partial charge in [0.1, 0.15) is 0 Å². The molecule has 0 bridgehead atoms. The number of nitrogens with one attached hydrogen (secondary N) is 1. The maximum Gasteiger partial charge on any atom is 0.252 e. The predicted molar refractivity (Wildman–Crippen MR) is 80.8 cm³/mol. The maximum atomic E-state index is 12.3. The Hall–Kier alpha value is -1.81. The van der Waals surface area contributed by atoms with Gasteiger partial charge in [-0.1, -0.05) is 19.9 Å². The van der Waals surface area contributed by atoms with E-state index in [0.717, 1.165) is 10.9 Å². The van der Waals surface area contributed by atoms with Gasteiger partial charge < -0.3 is 15.0 Å². The van der Waals surface area contributed by atoms with Crippen molar-refractivity contribution < 1.29 is 9.90 Å². The van der Waals surface area contributed by atoms with Crippen LogP contribution in [0.15, 0.2) is 30.5 Å². The molecule has 1 amide bonds. The fraction of sp³-hybridized carbons (Fsp3) is 0.438. The number of amides is 1. The third kappa shape index (κ3) is 2.70. The average Bonchev–Trinajstić information content (AvgIpc) is 2.86. The third-order valence-electron chi connectivity index (χ3n) is 4.07. The van der Waals surface area contributed by atoms with Gasteiger partial charge in [0.2, 0.25) is 0 Å². The zero-order valence-corrected chi connectivity index (χ0v) is 12.3. The van der Waals surface area contributed by atoms with E-state index in [1.165, 1.54) is 0 Å². The number of carbonyl (C=O) groups excluding carboxylic acids is 1. The first-order chi connectivity index (χ1) is 9.50. The Labute approximate surface area is 119 Å². The molecule has 0 saturated heterocycles. The molecule has 0 spiro atoms. The summed E-state index contributed by atoms with van der Waals surface area (Å²) in [7, 11) is 1.96. The van der Waals surface area contributed by atoms with Gasteiger partial charge in [-0.05, 0) is 31.0 Å². The largest absolute Gasteiger partial charge is 0.388 e. The van der Waals surface area contributed by atoms with E-state index in [0.29, 0.717) is 18.4 Å². The normalized spacial score (nSPS) is 11.8. The molecule has 2 aromatic rings. The molecule has 2 rings (SSSR count). The Morgan fingerprint density at radius 2 is 2.00 bits per heavy atom. The van der Waals surface area contributed by atoms with Gasteiger partial charge in [-0.3, -0.25) is 4.79 Å². The summed E-state index contributed by atoms with van der Waals surface area (Å²) in [5, 5.41) is 14.0. The number of hydrogen-bond donors (Lipinski definition) is 2. The second-order valence-electron chi connectivity index (χ2n) is 5.28. The van der Waals surface area contributed by atoms with Crippen LogP contribution >= 0.6 is 0 Å². The molecule has 0 radical (unpaired) electrons. The molecular formula is C16H22N2O2. The van der Waals surface area contributed by atoms with E-state index in [9.17, 15) is 9.90 Å². The highest BCUT2D eigenvalue weighted by Gasteiger charge is 2.23. The Bertz CT molecular complexity index is 612. The summed E-state index contributed by atoms with van der Waals surface area (Å²) in [4.78, 5) is 12.3. The van der Waals surface area contributed by atoms with E-state index in [4.69, 9.17) is 0 Å². The molecule has 4 nitrogen and oxygen atoms in total. The lowest BCUT2D eigenvalue weighted by molar-refractivity contribution is 0.0314. The molecule has 2 N–H and O–H groups in total. The molecule has 1 aromatic heterocycles. The van der Waals surface area contributed by atoms with Crippen molar-refractivity contribution in [3.63, 3.8) is 0 Å². The molecule has 1 heterocycles. The molecule has 0 unspecified atom stereocenters. The van der Waals surface area contributed by atoms with Crippen LogP contribution < -0.4 is 5.32 Å². The first-order valence-corrected chi connectivity index (χ1v) is 7.05. The number of aryl methyl sites for hydroxylation is 1. The van der Waals surface area contributed by atoms with Crippen LogP contribution in [0, 0.1) is 0 Å². The Morgan fingerprint density at radius 1 is 1.30 bits per heavy atom. The van der Waals surface area contributed by atoms with Crippen LogP contribution in [0.1, 0.15) is 37.0 Å². The number of fused-ring (bicyclic) bond motifs is 1. The lowest BCUT2D eigenvalue weighted by atomic mass is 9.97. The average molecular weight is 274 g/mol. The Kier molecular flexibility index (Phi) is 4.14. The first kappa shape index (κ1) is 14.6. The van der Waals surface area contributed by atoms with Gasteiger partial charge in [0.15, 0.2) is 0 Å². The molecule has 20 heavy (non-hydrogen) atoms. The van der Waals surface area contributed by atoms with Crippen LogP contribution in [0.3, 0.4) is 0 Å². The zero-order chi connectivity index (χ0) is 14.8. The molecule has 0 atom stereocenters. The summed E-state index contributed by atoms with van der Waals surface area (Å²) >= 11 is 0. The van der Waals surface area contributed by atoms with E-state index in [1.807, 2.05) is 55.9 Å². The van der Waals surface area contributed by atoms with Gasteiger partial charge in [0.05, 0.1) is 5.60 Å². The molecule has 0 aliphatic rings. The van der Waals surface area contributed by atoms with Crippen molar-refractivity contribution in [1.29, 1.82) is 0 Å². The second-order valence-corrected chi connectivity index (χ2v) is 5.28. The number of rotatable bonds is 5. The summed E-state index contributed by atoms with van der Waals surface area (Å²) in [6, 6.07) is 7.62.